The smallest absolute Gasteiger partial charge is 0.234 e. The molecule has 1 atom stereocenters. The average Bonchev–Trinajstić information content (AvgIpc) is 2.80. The Hall–Kier alpha value is -2.10. The van der Waals surface area contributed by atoms with Crippen molar-refractivity contribution in [1.29, 1.82) is 0 Å². The number of nitrogens with one attached hydrogen (secondary N) is 1. The van der Waals surface area contributed by atoms with Crippen LogP contribution in [0.25, 0.3) is 11.0 Å². The Morgan fingerprint density at radius 2 is 2.00 bits per heavy atom. The molecule has 2 amide bonds. The lowest BCUT2D eigenvalue weighted by molar-refractivity contribution is -0.134. The molecule has 21 heavy (non-hydrogen) atoms. The molecule has 0 spiro atoms. The summed E-state index contributed by atoms with van der Waals surface area (Å²) in [6.07, 6.45) is 2.57. The van der Waals surface area contributed by atoms with E-state index in [1.165, 1.54) is 5.56 Å². The van der Waals surface area contributed by atoms with Crippen molar-refractivity contribution < 1.29 is 14.0 Å². The molecule has 4 heteroatoms. The van der Waals surface area contributed by atoms with Gasteiger partial charge in [0.25, 0.3) is 0 Å². The number of amides is 2. The lowest BCUT2D eigenvalue weighted by atomic mass is 9.85. The van der Waals surface area contributed by atoms with Crippen molar-refractivity contribution in [1.82, 2.24) is 5.32 Å². The zero-order chi connectivity index (χ0) is 15.2. The van der Waals surface area contributed by atoms with Gasteiger partial charge < -0.3 is 4.42 Å². The molecular formula is C17H19NO3. The fraction of sp³-hybridized carbons (Fsp3) is 0.412. The van der Waals surface area contributed by atoms with Crippen molar-refractivity contribution >= 4 is 22.8 Å². The maximum atomic E-state index is 12.0. The third-order valence-electron chi connectivity index (χ3n) is 4.09. The Balaban J connectivity index is 2.01. The Kier molecular flexibility index (Phi) is 3.12. The molecule has 1 N–H and O–H groups in total. The highest BCUT2D eigenvalue weighted by Crippen LogP contribution is 2.34. The van der Waals surface area contributed by atoms with Crippen molar-refractivity contribution in [3.8, 4) is 0 Å². The van der Waals surface area contributed by atoms with Crippen LogP contribution in [0, 0.1) is 0 Å². The highest BCUT2D eigenvalue weighted by molar-refractivity contribution is 6.02. The fourth-order valence-electron chi connectivity index (χ4n) is 2.78. The number of benzene rings is 1. The number of rotatable bonds is 1. The van der Waals surface area contributed by atoms with Gasteiger partial charge in [0.15, 0.2) is 0 Å². The number of hydrogen-bond donors (Lipinski definition) is 1. The van der Waals surface area contributed by atoms with E-state index >= 15 is 0 Å². The van der Waals surface area contributed by atoms with Crippen LogP contribution < -0.4 is 5.32 Å². The summed E-state index contributed by atoms with van der Waals surface area (Å²) in [5.41, 5.74) is 2.91. The number of carbonyl (C=O) groups excluding carboxylic acids is 2. The van der Waals surface area contributed by atoms with Gasteiger partial charge in [-0.15, -0.1) is 0 Å². The van der Waals surface area contributed by atoms with E-state index < -0.39 is 0 Å². The number of piperidine rings is 1. The van der Waals surface area contributed by atoms with Gasteiger partial charge in [-0.3, -0.25) is 14.9 Å². The molecule has 3 rings (SSSR count). The first-order valence-electron chi connectivity index (χ1n) is 7.21. The Bertz CT molecular complexity index is 721. The van der Waals surface area contributed by atoms with Gasteiger partial charge in [0.2, 0.25) is 11.8 Å². The molecule has 1 fully saturated rings. The molecule has 0 aliphatic carbocycles. The second kappa shape index (κ2) is 4.72. The van der Waals surface area contributed by atoms with Crippen LogP contribution in [0.2, 0.25) is 0 Å². The monoisotopic (exact) mass is 285 g/mol. The highest BCUT2D eigenvalue weighted by Gasteiger charge is 2.30. The van der Waals surface area contributed by atoms with Crippen LogP contribution in [0.3, 0.4) is 0 Å². The van der Waals surface area contributed by atoms with Crippen LogP contribution in [-0.4, -0.2) is 11.8 Å². The van der Waals surface area contributed by atoms with Crippen molar-refractivity contribution in [2.45, 2.75) is 44.9 Å². The molecule has 4 nitrogen and oxygen atoms in total. The summed E-state index contributed by atoms with van der Waals surface area (Å²) in [6, 6.07) is 6.12. The molecular weight excluding hydrogens is 266 g/mol. The van der Waals surface area contributed by atoms with E-state index in [9.17, 15) is 9.59 Å². The molecule has 1 aromatic heterocycles. The number of hydrogen-bond acceptors (Lipinski definition) is 3. The van der Waals surface area contributed by atoms with Gasteiger partial charge in [-0.25, -0.2) is 0 Å². The van der Waals surface area contributed by atoms with Gasteiger partial charge in [0, 0.05) is 17.4 Å². The molecule has 2 heterocycles. The zero-order valence-corrected chi connectivity index (χ0v) is 12.5. The number of imide groups is 1. The molecule has 0 saturated carbocycles. The second-order valence-electron chi connectivity index (χ2n) is 6.66. The first kappa shape index (κ1) is 13.9. The van der Waals surface area contributed by atoms with Crippen molar-refractivity contribution in [2.75, 3.05) is 0 Å². The van der Waals surface area contributed by atoms with Crippen LogP contribution in [0.4, 0.5) is 0 Å². The maximum Gasteiger partial charge on any atom is 0.234 e. The van der Waals surface area contributed by atoms with Crippen molar-refractivity contribution in [2.24, 2.45) is 0 Å². The van der Waals surface area contributed by atoms with Gasteiger partial charge in [-0.1, -0.05) is 32.9 Å². The van der Waals surface area contributed by atoms with Crippen LogP contribution in [0.5, 0.6) is 0 Å². The first-order chi connectivity index (χ1) is 9.86. The number of furan rings is 1. The van der Waals surface area contributed by atoms with E-state index in [-0.39, 0.29) is 23.1 Å². The van der Waals surface area contributed by atoms with Gasteiger partial charge in [0.1, 0.15) is 5.58 Å². The van der Waals surface area contributed by atoms with E-state index in [1.807, 2.05) is 12.1 Å². The van der Waals surface area contributed by atoms with Crippen LogP contribution in [0.1, 0.15) is 50.7 Å². The molecule has 0 radical (unpaired) electrons. The predicted octanol–water partition coefficient (Wildman–Crippen LogP) is 3.25. The fourth-order valence-corrected chi connectivity index (χ4v) is 2.78. The van der Waals surface area contributed by atoms with Crippen molar-refractivity contribution in [3.63, 3.8) is 0 Å². The van der Waals surface area contributed by atoms with Gasteiger partial charge >= 0.3 is 0 Å². The molecule has 1 aliphatic rings. The second-order valence-corrected chi connectivity index (χ2v) is 6.66. The predicted molar refractivity (Wildman–Crippen MR) is 80.0 cm³/mol. The minimum atomic E-state index is -0.301. The molecule has 1 aliphatic heterocycles. The third-order valence-corrected chi connectivity index (χ3v) is 4.09. The molecule has 2 aromatic rings. The summed E-state index contributed by atoms with van der Waals surface area (Å²) < 4.78 is 5.65. The molecule has 1 aromatic carbocycles. The van der Waals surface area contributed by atoms with E-state index in [2.05, 4.69) is 32.2 Å². The molecule has 1 saturated heterocycles. The zero-order valence-electron chi connectivity index (χ0n) is 12.5. The summed E-state index contributed by atoms with van der Waals surface area (Å²) in [5.74, 6) is -0.725. The minimum absolute atomic E-state index is 0.0514. The van der Waals surface area contributed by atoms with E-state index in [0.717, 1.165) is 16.5 Å². The standard InChI is InChI=1S/C17H19NO3/c1-17(2,3)10-4-5-11-13(9-21-14(11)8-10)12-6-7-15(19)18-16(12)20/h4-5,8-9,12H,6-7H2,1-3H3,(H,18,19,20). The van der Waals surface area contributed by atoms with Gasteiger partial charge in [-0.05, 0) is 23.5 Å². The normalized spacial score (nSPS) is 19.9. The Morgan fingerprint density at radius 1 is 1.24 bits per heavy atom. The lowest BCUT2D eigenvalue weighted by Gasteiger charge is -2.20. The SMILES string of the molecule is CC(C)(C)c1ccc2c(C3CCC(=O)NC3=O)coc2c1. The minimum Gasteiger partial charge on any atom is -0.464 e. The van der Waals surface area contributed by atoms with E-state index in [4.69, 9.17) is 4.42 Å². The Labute approximate surface area is 123 Å². The highest BCUT2D eigenvalue weighted by atomic mass is 16.3. The summed E-state index contributed by atoms with van der Waals surface area (Å²) >= 11 is 0. The summed E-state index contributed by atoms with van der Waals surface area (Å²) in [7, 11) is 0. The number of fused-ring (bicyclic) bond motifs is 1. The Morgan fingerprint density at radius 3 is 2.67 bits per heavy atom. The average molecular weight is 285 g/mol. The summed E-state index contributed by atoms with van der Waals surface area (Å²) in [4.78, 5) is 23.3. The topological polar surface area (TPSA) is 59.3 Å². The van der Waals surface area contributed by atoms with Crippen molar-refractivity contribution in [3.05, 3.63) is 35.6 Å². The largest absolute Gasteiger partial charge is 0.464 e. The van der Waals surface area contributed by atoms with Gasteiger partial charge in [0.05, 0.1) is 12.2 Å². The molecule has 1 unspecified atom stereocenters. The summed E-state index contributed by atoms with van der Waals surface area (Å²) in [5, 5.41) is 3.35. The lowest BCUT2D eigenvalue weighted by Crippen LogP contribution is -2.39. The number of carbonyl (C=O) groups is 2. The van der Waals surface area contributed by atoms with Crippen LogP contribution in [0.15, 0.2) is 28.9 Å². The van der Waals surface area contributed by atoms with Gasteiger partial charge in [-0.2, -0.15) is 0 Å². The molecule has 110 valence electrons. The third kappa shape index (κ3) is 2.46. The van der Waals surface area contributed by atoms with Crippen LogP contribution >= 0.6 is 0 Å². The molecule has 0 bridgehead atoms. The first-order valence-corrected chi connectivity index (χ1v) is 7.21. The van der Waals surface area contributed by atoms with E-state index in [0.29, 0.717) is 12.8 Å². The summed E-state index contributed by atoms with van der Waals surface area (Å²) in [6.45, 7) is 6.45. The van der Waals surface area contributed by atoms with E-state index in [1.54, 1.807) is 6.26 Å². The van der Waals surface area contributed by atoms with Crippen LogP contribution in [-0.2, 0) is 15.0 Å². The maximum absolute atomic E-state index is 12.0. The quantitative estimate of drug-likeness (QED) is 0.818.